The molecule has 0 amide bonds. The van der Waals surface area contributed by atoms with Crippen LogP contribution in [0.1, 0.15) is 38.2 Å². The Hall–Kier alpha value is -1.61. The Kier molecular flexibility index (Phi) is 2.98. The van der Waals surface area contributed by atoms with E-state index in [0.717, 1.165) is 16.5 Å². The highest BCUT2D eigenvalue weighted by Gasteiger charge is 2.41. The van der Waals surface area contributed by atoms with Crippen LogP contribution < -0.4 is 0 Å². The molecule has 3 nitrogen and oxygen atoms in total. The van der Waals surface area contributed by atoms with Crippen molar-refractivity contribution < 1.29 is 9.59 Å². The van der Waals surface area contributed by atoms with E-state index in [1.807, 2.05) is 26.0 Å². The quantitative estimate of drug-likeness (QED) is 0.810. The molecule has 1 aliphatic rings. The summed E-state index contributed by atoms with van der Waals surface area (Å²) in [5.41, 5.74) is 1.42. The van der Waals surface area contributed by atoms with Crippen molar-refractivity contribution in [2.24, 2.45) is 5.41 Å². The van der Waals surface area contributed by atoms with Crippen LogP contribution in [0.5, 0.6) is 0 Å². The number of fused-ring (bicyclic) bond motifs is 1. The maximum absolute atomic E-state index is 12.4. The molecule has 1 aromatic carbocycles. The zero-order valence-corrected chi connectivity index (χ0v) is 12.3. The number of ketones is 2. The summed E-state index contributed by atoms with van der Waals surface area (Å²) in [5.74, 6) is -0.595. The highest BCUT2D eigenvalue weighted by atomic mass is 35.5. The molecule has 0 atom stereocenters. The van der Waals surface area contributed by atoms with E-state index in [4.69, 9.17) is 11.6 Å². The Morgan fingerprint density at radius 2 is 1.85 bits per heavy atom. The van der Waals surface area contributed by atoms with E-state index in [-0.39, 0.29) is 17.0 Å². The predicted octanol–water partition coefficient (Wildman–Crippen LogP) is 3.86. The van der Waals surface area contributed by atoms with Crippen molar-refractivity contribution in [1.29, 1.82) is 0 Å². The van der Waals surface area contributed by atoms with Gasteiger partial charge in [0.1, 0.15) is 17.5 Å². The van der Waals surface area contributed by atoms with E-state index in [1.54, 1.807) is 12.3 Å². The van der Waals surface area contributed by atoms with Crippen LogP contribution >= 0.6 is 11.6 Å². The third-order valence-electron chi connectivity index (χ3n) is 3.94. The van der Waals surface area contributed by atoms with Crippen molar-refractivity contribution in [2.75, 3.05) is 0 Å². The van der Waals surface area contributed by atoms with Gasteiger partial charge in [-0.05, 0) is 23.1 Å². The lowest BCUT2D eigenvalue weighted by Gasteiger charge is -2.31. The Morgan fingerprint density at radius 1 is 1.20 bits per heavy atom. The van der Waals surface area contributed by atoms with Gasteiger partial charge in [-0.25, -0.2) is 0 Å². The number of benzene rings is 1. The van der Waals surface area contributed by atoms with Crippen molar-refractivity contribution in [3.05, 3.63) is 35.0 Å². The molecule has 3 rings (SSSR count). The molecule has 1 heterocycles. The topological polar surface area (TPSA) is 49.9 Å². The number of hydrogen-bond donors (Lipinski definition) is 1. The van der Waals surface area contributed by atoms with Crippen molar-refractivity contribution >= 4 is 34.1 Å². The largest absolute Gasteiger partial charge is 0.361 e. The van der Waals surface area contributed by atoms with Gasteiger partial charge in [0.25, 0.3) is 0 Å². The molecule has 0 aliphatic heterocycles. The van der Waals surface area contributed by atoms with Gasteiger partial charge in [0.15, 0.2) is 0 Å². The summed E-state index contributed by atoms with van der Waals surface area (Å²) >= 11 is 5.95. The van der Waals surface area contributed by atoms with Crippen LogP contribution in [-0.2, 0) is 9.59 Å². The molecule has 1 saturated carbocycles. The molecule has 0 radical (unpaired) electrons. The molecule has 104 valence electrons. The van der Waals surface area contributed by atoms with E-state index in [9.17, 15) is 9.59 Å². The molecule has 20 heavy (non-hydrogen) atoms. The Labute approximate surface area is 122 Å². The highest BCUT2D eigenvalue weighted by molar-refractivity contribution is 6.31. The van der Waals surface area contributed by atoms with Crippen molar-refractivity contribution in [1.82, 2.24) is 4.98 Å². The van der Waals surface area contributed by atoms with Gasteiger partial charge in [0, 0.05) is 35.0 Å². The van der Waals surface area contributed by atoms with E-state index in [2.05, 4.69) is 4.98 Å². The summed E-state index contributed by atoms with van der Waals surface area (Å²) in [4.78, 5) is 27.8. The molecule has 0 bridgehead atoms. The number of halogens is 1. The maximum atomic E-state index is 12.4. The van der Waals surface area contributed by atoms with Gasteiger partial charge in [-0.1, -0.05) is 31.5 Å². The van der Waals surface area contributed by atoms with Crippen LogP contribution in [0.15, 0.2) is 24.4 Å². The average Bonchev–Trinajstić information content (AvgIpc) is 2.69. The summed E-state index contributed by atoms with van der Waals surface area (Å²) in [6.07, 6.45) is 2.66. The lowest BCUT2D eigenvalue weighted by atomic mass is 9.69. The fourth-order valence-electron chi connectivity index (χ4n) is 3.10. The van der Waals surface area contributed by atoms with Crippen LogP contribution in [0.25, 0.3) is 10.9 Å². The summed E-state index contributed by atoms with van der Waals surface area (Å²) < 4.78 is 0. The van der Waals surface area contributed by atoms with Crippen LogP contribution in [0.4, 0.5) is 0 Å². The maximum Gasteiger partial charge on any atom is 0.148 e. The molecule has 0 spiro atoms. The number of rotatable bonds is 1. The monoisotopic (exact) mass is 289 g/mol. The van der Waals surface area contributed by atoms with Crippen molar-refractivity contribution in [3.63, 3.8) is 0 Å². The molecule has 1 aromatic heterocycles. The smallest absolute Gasteiger partial charge is 0.148 e. The van der Waals surface area contributed by atoms with E-state index >= 15 is 0 Å². The second-order valence-corrected chi connectivity index (χ2v) is 6.75. The fourth-order valence-corrected chi connectivity index (χ4v) is 3.27. The van der Waals surface area contributed by atoms with Gasteiger partial charge >= 0.3 is 0 Å². The molecule has 0 saturated heterocycles. The normalized spacial score (nSPS) is 19.8. The van der Waals surface area contributed by atoms with Crippen molar-refractivity contribution in [2.45, 2.75) is 32.6 Å². The molecule has 0 unspecified atom stereocenters. The number of nitrogens with one attached hydrogen (secondary N) is 1. The molecular weight excluding hydrogens is 274 g/mol. The zero-order valence-electron chi connectivity index (χ0n) is 11.5. The van der Waals surface area contributed by atoms with E-state index < -0.39 is 5.92 Å². The number of hydrogen-bond acceptors (Lipinski definition) is 2. The standard InChI is InChI=1S/C16H16ClNO2/c1-16(2)6-13(19)15(14(20)7-16)11-8-18-12-5-9(17)3-4-10(11)12/h3-5,8,15,18H,6-7H2,1-2H3. The van der Waals surface area contributed by atoms with Crippen LogP contribution in [-0.4, -0.2) is 16.6 Å². The van der Waals surface area contributed by atoms with E-state index in [1.165, 1.54) is 0 Å². The summed E-state index contributed by atoms with van der Waals surface area (Å²) in [5, 5.41) is 1.54. The Morgan fingerprint density at radius 3 is 2.50 bits per heavy atom. The van der Waals surface area contributed by atoms with Crippen LogP contribution in [0, 0.1) is 5.41 Å². The number of Topliss-reactive ketones (excluding diaryl/α,β-unsaturated/α-hetero) is 2. The van der Waals surface area contributed by atoms with Crippen LogP contribution in [0.2, 0.25) is 5.02 Å². The third-order valence-corrected chi connectivity index (χ3v) is 4.17. The number of carbonyl (C=O) groups excluding carboxylic acids is 2. The van der Waals surface area contributed by atoms with E-state index in [0.29, 0.717) is 17.9 Å². The first-order valence-electron chi connectivity index (χ1n) is 6.69. The molecule has 1 aliphatic carbocycles. The lowest BCUT2D eigenvalue weighted by Crippen LogP contribution is -2.35. The van der Waals surface area contributed by atoms with Gasteiger partial charge in [-0.15, -0.1) is 0 Å². The number of aromatic amines is 1. The van der Waals surface area contributed by atoms with Crippen LogP contribution in [0.3, 0.4) is 0 Å². The Bertz CT molecular complexity index is 694. The van der Waals surface area contributed by atoms with Crippen molar-refractivity contribution in [3.8, 4) is 0 Å². The molecule has 1 fully saturated rings. The summed E-state index contributed by atoms with van der Waals surface area (Å²) in [7, 11) is 0. The highest BCUT2D eigenvalue weighted by Crippen LogP contribution is 2.40. The fraction of sp³-hybridized carbons (Fsp3) is 0.375. The minimum absolute atomic E-state index is 0.0158. The third kappa shape index (κ3) is 2.16. The summed E-state index contributed by atoms with van der Waals surface area (Å²) in [6.45, 7) is 3.93. The first-order chi connectivity index (χ1) is 9.37. The van der Waals surface area contributed by atoms with Gasteiger partial charge < -0.3 is 4.98 Å². The van der Waals surface area contributed by atoms with Gasteiger partial charge in [-0.3, -0.25) is 9.59 Å². The molecule has 1 N–H and O–H groups in total. The van der Waals surface area contributed by atoms with Gasteiger partial charge in [-0.2, -0.15) is 0 Å². The van der Waals surface area contributed by atoms with Gasteiger partial charge in [0.2, 0.25) is 0 Å². The first kappa shape index (κ1) is 13.4. The minimum atomic E-state index is -0.627. The Balaban J connectivity index is 2.07. The first-order valence-corrected chi connectivity index (χ1v) is 7.07. The molecule has 2 aromatic rings. The molecular formula is C16H16ClNO2. The lowest BCUT2D eigenvalue weighted by molar-refractivity contribution is -0.135. The van der Waals surface area contributed by atoms with Gasteiger partial charge in [0.05, 0.1) is 0 Å². The molecule has 4 heteroatoms. The second kappa shape index (κ2) is 4.45. The summed E-state index contributed by atoms with van der Waals surface area (Å²) in [6, 6.07) is 5.45. The average molecular weight is 290 g/mol. The number of H-pyrrole nitrogens is 1. The number of carbonyl (C=O) groups is 2. The minimum Gasteiger partial charge on any atom is -0.361 e. The SMILES string of the molecule is CC1(C)CC(=O)C(c2c[nH]c3cc(Cl)ccc23)C(=O)C1. The second-order valence-electron chi connectivity index (χ2n) is 6.32. The number of aromatic nitrogens is 1. The zero-order chi connectivity index (χ0) is 14.5. The predicted molar refractivity (Wildman–Crippen MR) is 79.1 cm³/mol.